The van der Waals surface area contributed by atoms with Gasteiger partial charge in [-0.15, -0.1) is 0 Å². The summed E-state index contributed by atoms with van der Waals surface area (Å²) in [5, 5.41) is 32.5. The Kier molecular flexibility index (Phi) is 16.2. The molecule has 0 bridgehead atoms. The highest BCUT2D eigenvalue weighted by atomic mass is 16.5. The van der Waals surface area contributed by atoms with Gasteiger partial charge in [-0.25, -0.2) is 4.79 Å². The lowest BCUT2D eigenvalue weighted by Crippen LogP contribution is -2.26. The zero-order valence-corrected chi connectivity index (χ0v) is 14.0. The van der Waals surface area contributed by atoms with Crippen molar-refractivity contribution in [1.29, 1.82) is 0 Å². The lowest BCUT2D eigenvalue weighted by atomic mass is 9.81. The molecule has 0 heterocycles. The first-order valence-corrected chi connectivity index (χ1v) is 7.80. The first-order valence-electron chi connectivity index (χ1n) is 7.80. The van der Waals surface area contributed by atoms with Crippen LogP contribution in [0.1, 0.15) is 39.0 Å². The molecule has 0 aliphatic heterocycles. The van der Waals surface area contributed by atoms with Crippen LogP contribution in [0.5, 0.6) is 0 Å². The summed E-state index contributed by atoms with van der Waals surface area (Å²) in [7, 11) is 0. The van der Waals surface area contributed by atoms with Crippen LogP contribution < -0.4 is 0 Å². The van der Waals surface area contributed by atoms with E-state index < -0.39 is 23.8 Å². The van der Waals surface area contributed by atoms with E-state index in [4.69, 9.17) is 20.4 Å². The van der Waals surface area contributed by atoms with Crippen LogP contribution >= 0.6 is 0 Å². The zero-order chi connectivity index (χ0) is 19.0. The fourth-order valence-corrected chi connectivity index (χ4v) is 1.90. The van der Waals surface area contributed by atoms with Crippen molar-refractivity contribution in [2.75, 3.05) is 19.8 Å². The van der Waals surface area contributed by atoms with Crippen LogP contribution in [0, 0.1) is 11.8 Å². The minimum absolute atomic E-state index is 0.125. The number of carboxylic acids is 2. The van der Waals surface area contributed by atoms with E-state index >= 15 is 0 Å². The summed E-state index contributed by atoms with van der Waals surface area (Å²) in [6, 6.07) is 0. The molecule has 0 saturated heterocycles. The highest BCUT2D eigenvalue weighted by Gasteiger charge is 2.30. The number of hydrogen-bond donors (Lipinski definition) is 4. The molecular formula is C16H28O8. The van der Waals surface area contributed by atoms with Gasteiger partial charge < -0.3 is 25.2 Å². The molecule has 24 heavy (non-hydrogen) atoms. The molecule has 0 spiro atoms. The van der Waals surface area contributed by atoms with Crippen LogP contribution in [0.15, 0.2) is 12.7 Å². The highest BCUT2D eigenvalue weighted by Crippen LogP contribution is 2.29. The second kappa shape index (κ2) is 15.9. The van der Waals surface area contributed by atoms with Crippen molar-refractivity contribution in [3.05, 3.63) is 12.7 Å². The third-order valence-corrected chi connectivity index (χ3v) is 3.09. The van der Waals surface area contributed by atoms with E-state index in [9.17, 15) is 14.4 Å². The number of carbonyl (C=O) groups excluding carboxylic acids is 1. The fourth-order valence-electron chi connectivity index (χ4n) is 1.90. The average Bonchev–Trinajstić information content (AvgIpc) is 2.60. The van der Waals surface area contributed by atoms with E-state index in [0.29, 0.717) is 32.3 Å². The maximum Gasteiger partial charge on any atom is 0.330 e. The maximum atomic E-state index is 10.5. The number of carboxylic acid groups (broad SMARTS) is 2. The molecule has 0 amide bonds. The van der Waals surface area contributed by atoms with E-state index in [1.807, 2.05) is 6.92 Å². The summed E-state index contributed by atoms with van der Waals surface area (Å²) < 4.78 is 4.58. The minimum atomic E-state index is -0.860. The summed E-state index contributed by atoms with van der Waals surface area (Å²) in [6.45, 7) is 5.42. The Morgan fingerprint density at radius 2 is 1.54 bits per heavy atom. The van der Waals surface area contributed by atoms with Crippen molar-refractivity contribution in [1.82, 2.24) is 0 Å². The van der Waals surface area contributed by atoms with Gasteiger partial charge >= 0.3 is 17.9 Å². The standard InChI is InChI=1S/C8H12O4.C6H10O2.C2H6O2/c9-7(10)5-2-1-3-6(4-5)8(11)12;1-3-5-8-6(7)4-2;3-1-2-4/h5-6H,1-4H2,(H,9,10)(H,11,12);4H,2-3,5H2,1H3;3-4H,1-2H2. The van der Waals surface area contributed by atoms with Crippen molar-refractivity contribution >= 4 is 17.9 Å². The molecule has 1 aliphatic carbocycles. The van der Waals surface area contributed by atoms with E-state index in [0.717, 1.165) is 12.5 Å². The van der Waals surface area contributed by atoms with Gasteiger partial charge in [0, 0.05) is 6.08 Å². The van der Waals surface area contributed by atoms with Crippen LogP contribution in [0.2, 0.25) is 0 Å². The number of hydrogen-bond acceptors (Lipinski definition) is 6. The predicted octanol–water partition coefficient (Wildman–Crippen LogP) is 1.06. The van der Waals surface area contributed by atoms with Crippen molar-refractivity contribution in [3.8, 4) is 0 Å². The summed E-state index contributed by atoms with van der Waals surface area (Å²) in [6.07, 6.45) is 4.28. The third kappa shape index (κ3) is 13.7. The molecule has 4 N–H and O–H groups in total. The Bertz CT molecular complexity index is 358. The molecule has 8 heteroatoms. The quantitative estimate of drug-likeness (QED) is 0.412. The van der Waals surface area contributed by atoms with Crippen LogP contribution in [-0.2, 0) is 19.1 Å². The lowest BCUT2D eigenvalue weighted by Gasteiger charge is -2.23. The van der Waals surface area contributed by atoms with Crippen LogP contribution in [0.4, 0.5) is 0 Å². The summed E-state index contributed by atoms with van der Waals surface area (Å²) in [4.78, 5) is 31.3. The average molecular weight is 348 g/mol. The van der Waals surface area contributed by atoms with Crippen molar-refractivity contribution in [2.24, 2.45) is 11.8 Å². The maximum absolute atomic E-state index is 10.5. The van der Waals surface area contributed by atoms with E-state index in [1.54, 1.807) is 0 Å². The number of rotatable bonds is 6. The third-order valence-electron chi connectivity index (χ3n) is 3.09. The number of aliphatic hydroxyl groups excluding tert-OH is 2. The zero-order valence-electron chi connectivity index (χ0n) is 14.0. The first-order chi connectivity index (χ1) is 11.3. The van der Waals surface area contributed by atoms with Gasteiger partial charge in [-0.1, -0.05) is 19.9 Å². The highest BCUT2D eigenvalue weighted by molar-refractivity contribution is 5.81. The van der Waals surface area contributed by atoms with Gasteiger partial charge in [0.05, 0.1) is 31.7 Å². The van der Waals surface area contributed by atoms with Gasteiger partial charge in [0.15, 0.2) is 0 Å². The molecule has 0 aromatic rings. The number of aliphatic carboxylic acids is 2. The molecule has 0 radical (unpaired) electrons. The van der Waals surface area contributed by atoms with Gasteiger partial charge in [0.25, 0.3) is 0 Å². The Labute approximate surface area is 141 Å². The summed E-state index contributed by atoms with van der Waals surface area (Å²) in [5.41, 5.74) is 0. The lowest BCUT2D eigenvalue weighted by molar-refractivity contribution is -0.148. The molecule has 0 aromatic carbocycles. The molecule has 2 atom stereocenters. The molecule has 1 aliphatic rings. The molecule has 1 fully saturated rings. The largest absolute Gasteiger partial charge is 0.481 e. The second-order valence-electron chi connectivity index (χ2n) is 5.06. The number of esters is 1. The Morgan fingerprint density at radius 1 is 1.08 bits per heavy atom. The van der Waals surface area contributed by atoms with Crippen molar-refractivity contribution in [3.63, 3.8) is 0 Å². The number of carbonyl (C=O) groups is 3. The topological polar surface area (TPSA) is 141 Å². The van der Waals surface area contributed by atoms with E-state index in [-0.39, 0.29) is 19.2 Å². The molecule has 1 saturated carbocycles. The fraction of sp³-hybridized carbons (Fsp3) is 0.688. The van der Waals surface area contributed by atoms with Crippen LogP contribution in [-0.4, -0.2) is 58.2 Å². The molecule has 2 unspecified atom stereocenters. The van der Waals surface area contributed by atoms with Gasteiger partial charge in [0.1, 0.15) is 0 Å². The predicted molar refractivity (Wildman–Crippen MR) is 86.3 cm³/mol. The van der Waals surface area contributed by atoms with Crippen molar-refractivity contribution in [2.45, 2.75) is 39.0 Å². The summed E-state index contributed by atoms with van der Waals surface area (Å²) in [5.74, 6) is -2.95. The first kappa shape index (κ1) is 24.3. The minimum Gasteiger partial charge on any atom is -0.481 e. The number of aliphatic hydroxyl groups is 2. The normalized spacial score (nSPS) is 18.8. The van der Waals surface area contributed by atoms with Crippen LogP contribution in [0.3, 0.4) is 0 Å². The molecule has 8 nitrogen and oxygen atoms in total. The van der Waals surface area contributed by atoms with Crippen molar-refractivity contribution < 1.29 is 39.5 Å². The SMILES string of the molecule is C=CC(=O)OCCC.O=C(O)C1CCCC(C(=O)O)C1.OCCO. The molecule has 0 aromatic heterocycles. The smallest absolute Gasteiger partial charge is 0.330 e. The van der Waals surface area contributed by atoms with Gasteiger partial charge in [-0.05, 0) is 25.7 Å². The van der Waals surface area contributed by atoms with Gasteiger partial charge in [0.2, 0.25) is 0 Å². The Morgan fingerprint density at radius 3 is 1.83 bits per heavy atom. The molecule has 1 rings (SSSR count). The van der Waals surface area contributed by atoms with Crippen LogP contribution in [0.25, 0.3) is 0 Å². The number of ether oxygens (including phenoxy) is 1. The second-order valence-corrected chi connectivity index (χ2v) is 5.06. The summed E-state index contributed by atoms with van der Waals surface area (Å²) >= 11 is 0. The monoisotopic (exact) mass is 348 g/mol. The molecule has 140 valence electrons. The van der Waals surface area contributed by atoms with E-state index in [1.165, 1.54) is 0 Å². The van der Waals surface area contributed by atoms with Gasteiger partial charge in [-0.2, -0.15) is 0 Å². The molecular weight excluding hydrogens is 320 g/mol. The van der Waals surface area contributed by atoms with E-state index in [2.05, 4.69) is 11.3 Å². The Balaban J connectivity index is 0. The Hall–Kier alpha value is -1.93. The van der Waals surface area contributed by atoms with Gasteiger partial charge in [-0.3, -0.25) is 9.59 Å².